The second-order valence-corrected chi connectivity index (χ2v) is 13.2. The van der Waals surface area contributed by atoms with E-state index < -0.39 is 10.0 Å². The van der Waals surface area contributed by atoms with Crippen molar-refractivity contribution in [3.63, 3.8) is 0 Å². The highest BCUT2D eigenvalue weighted by Crippen LogP contribution is 2.39. The molecule has 0 aliphatic carbocycles. The van der Waals surface area contributed by atoms with Crippen LogP contribution in [-0.4, -0.2) is 83.6 Å². The van der Waals surface area contributed by atoms with Crippen LogP contribution in [0, 0.1) is 0 Å². The molecule has 6 rings (SSSR count). The molecular formula is C26H35ClN8O3S. The Morgan fingerprint density at radius 1 is 1.13 bits per heavy atom. The van der Waals surface area contributed by atoms with E-state index in [2.05, 4.69) is 44.4 Å². The monoisotopic (exact) mass is 574 g/mol. The van der Waals surface area contributed by atoms with Crippen LogP contribution in [0.1, 0.15) is 61.1 Å². The molecule has 0 radical (unpaired) electrons. The molecule has 1 aromatic heterocycles. The van der Waals surface area contributed by atoms with Gasteiger partial charge in [-0.3, -0.25) is 19.4 Å². The zero-order valence-electron chi connectivity index (χ0n) is 22.3. The van der Waals surface area contributed by atoms with Gasteiger partial charge in [0.2, 0.25) is 10.0 Å². The summed E-state index contributed by atoms with van der Waals surface area (Å²) in [4.78, 5) is 18.2. The van der Waals surface area contributed by atoms with Crippen molar-refractivity contribution in [2.75, 3.05) is 49.0 Å². The molecule has 3 N–H and O–H groups in total. The first-order valence-corrected chi connectivity index (χ1v) is 15.8. The Balaban J connectivity index is 1.35. The number of hydrogen-bond donors (Lipinski definition) is 3. The Hall–Kier alpha value is -2.80. The van der Waals surface area contributed by atoms with Crippen molar-refractivity contribution >= 4 is 44.9 Å². The average Bonchev–Trinajstić information content (AvgIpc) is 3.52. The number of aromatic nitrogens is 2. The summed E-state index contributed by atoms with van der Waals surface area (Å²) in [6.45, 7) is 6.64. The number of amides is 1. The molecule has 2 atom stereocenters. The second kappa shape index (κ2) is 9.99. The standard InChI is InChI=1S/C26H35ClN8O3S/c1-26(32-11-6-12-32)17-24(34-14-5-10-28-34)35-23(29-26)16-21(30-35)22-7-3-4-13-33(22)25(36)19-15-18(27)8-9-20(19)31-39(2,37)38/h8-9,15-17,22,28-29,31H,3-7,10-14H2,1-2H3/t22-,26?/m0/s1. The first-order valence-electron chi connectivity index (χ1n) is 13.6. The summed E-state index contributed by atoms with van der Waals surface area (Å²) in [7, 11) is -3.58. The molecule has 1 aromatic carbocycles. The van der Waals surface area contributed by atoms with E-state index in [1.807, 2.05) is 9.58 Å². The fourth-order valence-corrected chi connectivity index (χ4v) is 6.67. The number of benzene rings is 1. The fraction of sp³-hybridized carbons (Fsp3) is 0.538. The van der Waals surface area contributed by atoms with Crippen LogP contribution < -0.4 is 15.5 Å². The van der Waals surface area contributed by atoms with Crippen LogP contribution in [0.4, 0.5) is 11.5 Å². The Labute approximate surface area is 234 Å². The van der Waals surface area contributed by atoms with Crippen LogP contribution in [-0.2, 0) is 10.0 Å². The first-order chi connectivity index (χ1) is 18.6. The third kappa shape index (κ3) is 5.10. The van der Waals surface area contributed by atoms with Gasteiger partial charge in [0, 0.05) is 43.8 Å². The molecule has 1 unspecified atom stereocenters. The number of rotatable bonds is 6. The Morgan fingerprint density at radius 3 is 2.64 bits per heavy atom. The van der Waals surface area contributed by atoms with Gasteiger partial charge in [-0.1, -0.05) is 11.6 Å². The van der Waals surface area contributed by atoms with Gasteiger partial charge in [0.15, 0.2) is 0 Å². The third-order valence-electron chi connectivity index (χ3n) is 8.00. The number of fused-ring (bicyclic) bond motifs is 1. The van der Waals surface area contributed by atoms with Crippen molar-refractivity contribution in [3.8, 4) is 0 Å². The summed E-state index contributed by atoms with van der Waals surface area (Å²) < 4.78 is 28.4. The number of likely N-dealkylation sites (tertiary alicyclic amines) is 2. The Kier molecular flexibility index (Phi) is 6.77. The fourth-order valence-electron chi connectivity index (χ4n) is 5.92. The number of piperidine rings is 1. The van der Waals surface area contributed by atoms with E-state index in [4.69, 9.17) is 16.7 Å². The average molecular weight is 575 g/mol. The molecule has 0 bridgehead atoms. The maximum absolute atomic E-state index is 13.9. The van der Waals surface area contributed by atoms with Crippen LogP contribution >= 0.6 is 11.6 Å². The molecule has 4 aliphatic heterocycles. The highest BCUT2D eigenvalue weighted by Gasteiger charge is 2.41. The molecule has 13 heteroatoms. The van der Waals surface area contributed by atoms with E-state index >= 15 is 0 Å². The van der Waals surface area contributed by atoms with Crippen LogP contribution in [0.5, 0.6) is 0 Å². The van der Waals surface area contributed by atoms with E-state index in [0.29, 0.717) is 11.6 Å². The van der Waals surface area contributed by atoms with Gasteiger partial charge in [-0.2, -0.15) is 9.78 Å². The smallest absolute Gasteiger partial charge is 0.256 e. The molecule has 4 aliphatic rings. The molecule has 1 amide bonds. The molecule has 2 aromatic rings. The summed E-state index contributed by atoms with van der Waals surface area (Å²) in [5.74, 6) is 1.62. The van der Waals surface area contributed by atoms with E-state index in [0.717, 1.165) is 75.5 Å². The second-order valence-electron chi connectivity index (χ2n) is 11.0. The molecule has 0 spiro atoms. The molecule has 0 saturated carbocycles. The van der Waals surface area contributed by atoms with Crippen LogP contribution in [0.2, 0.25) is 5.02 Å². The number of nitrogens with one attached hydrogen (secondary N) is 3. The maximum Gasteiger partial charge on any atom is 0.256 e. The number of hydrogen-bond acceptors (Lipinski definition) is 8. The third-order valence-corrected chi connectivity index (χ3v) is 8.83. The number of hydrazine groups is 1. The van der Waals surface area contributed by atoms with E-state index in [9.17, 15) is 13.2 Å². The van der Waals surface area contributed by atoms with Crippen LogP contribution in [0.25, 0.3) is 5.82 Å². The quantitative estimate of drug-likeness (QED) is 0.482. The lowest BCUT2D eigenvalue weighted by molar-refractivity contribution is 0.0606. The van der Waals surface area contributed by atoms with Crippen molar-refractivity contribution < 1.29 is 13.2 Å². The highest BCUT2D eigenvalue weighted by atomic mass is 35.5. The minimum absolute atomic E-state index is 0.220. The lowest BCUT2D eigenvalue weighted by Gasteiger charge is -2.48. The largest absolute Gasteiger partial charge is 0.348 e. The van der Waals surface area contributed by atoms with Crippen LogP contribution in [0.15, 0.2) is 30.3 Å². The normalized spacial score (nSPS) is 25.5. The minimum atomic E-state index is -3.58. The van der Waals surface area contributed by atoms with Crippen molar-refractivity contribution in [1.29, 1.82) is 0 Å². The maximum atomic E-state index is 13.9. The van der Waals surface area contributed by atoms with Gasteiger partial charge >= 0.3 is 0 Å². The number of sulfonamides is 1. The van der Waals surface area contributed by atoms with E-state index in [-0.39, 0.29) is 28.9 Å². The SMILES string of the molecule is CC1(N2CCC2)C=C(N2CCCN2)n2nc([C@@H]3CCCCN3C(=O)c3cc(Cl)ccc3NS(C)(=O)=O)cc2N1. The molecule has 11 nitrogen and oxygen atoms in total. The number of carbonyl (C=O) groups is 1. The van der Waals surface area contributed by atoms with Gasteiger partial charge in [0.25, 0.3) is 5.91 Å². The molecule has 3 saturated heterocycles. The lowest BCUT2D eigenvalue weighted by Crippen LogP contribution is -2.59. The van der Waals surface area contributed by atoms with E-state index in [1.165, 1.54) is 18.6 Å². The molecule has 3 fully saturated rings. The van der Waals surface area contributed by atoms with Crippen LogP contribution in [0.3, 0.4) is 0 Å². The summed E-state index contributed by atoms with van der Waals surface area (Å²) in [5, 5.41) is 11.3. The summed E-state index contributed by atoms with van der Waals surface area (Å²) in [5.41, 5.74) is 4.40. The van der Waals surface area contributed by atoms with Gasteiger partial charge < -0.3 is 10.2 Å². The lowest BCUT2D eigenvalue weighted by atomic mass is 9.97. The Morgan fingerprint density at radius 2 is 1.95 bits per heavy atom. The van der Waals surface area contributed by atoms with Gasteiger partial charge in [0.05, 0.1) is 29.2 Å². The minimum Gasteiger partial charge on any atom is -0.348 e. The van der Waals surface area contributed by atoms with Gasteiger partial charge in [-0.15, -0.1) is 0 Å². The van der Waals surface area contributed by atoms with Crippen molar-refractivity contribution in [2.45, 2.75) is 50.7 Å². The number of anilines is 2. The highest BCUT2D eigenvalue weighted by molar-refractivity contribution is 7.92. The van der Waals surface area contributed by atoms with Crippen molar-refractivity contribution in [1.82, 2.24) is 30.0 Å². The van der Waals surface area contributed by atoms with Gasteiger partial charge in [0.1, 0.15) is 17.3 Å². The predicted molar refractivity (Wildman–Crippen MR) is 152 cm³/mol. The Bertz CT molecular complexity index is 1420. The molecular weight excluding hydrogens is 540 g/mol. The topological polar surface area (TPSA) is 115 Å². The predicted octanol–water partition coefficient (Wildman–Crippen LogP) is 3.13. The van der Waals surface area contributed by atoms with E-state index in [1.54, 1.807) is 6.07 Å². The zero-order valence-corrected chi connectivity index (χ0v) is 23.9. The summed E-state index contributed by atoms with van der Waals surface area (Å²) in [6, 6.07) is 6.45. The van der Waals surface area contributed by atoms with Crippen molar-refractivity contribution in [3.05, 3.63) is 46.6 Å². The zero-order chi connectivity index (χ0) is 27.4. The molecule has 210 valence electrons. The van der Waals surface area contributed by atoms with Crippen molar-refractivity contribution in [2.24, 2.45) is 0 Å². The number of carbonyl (C=O) groups excluding carboxylic acids is 1. The first kappa shape index (κ1) is 26.4. The molecule has 5 heterocycles. The number of nitrogens with zero attached hydrogens (tertiary/aromatic N) is 5. The number of halogens is 1. The van der Waals surface area contributed by atoms with Gasteiger partial charge in [-0.05, 0) is 63.3 Å². The summed E-state index contributed by atoms with van der Waals surface area (Å²) >= 11 is 6.25. The molecule has 39 heavy (non-hydrogen) atoms. The van der Waals surface area contributed by atoms with Gasteiger partial charge in [-0.25, -0.2) is 13.8 Å². The summed E-state index contributed by atoms with van der Waals surface area (Å²) in [6.07, 6.45) is 8.15.